The molecule has 0 saturated heterocycles. The van der Waals surface area contributed by atoms with Crippen LogP contribution in [0.5, 0.6) is 0 Å². The SMILES string of the molecule is c1ccc(Cc2csc3ncnn23)cc1. The Labute approximate surface area is 91.0 Å². The highest BCUT2D eigenvalue weighted by atomic mass is 32.1. The Bertz CT molecular complexity index is 568. The molecule has 4 heteroatoms. The molecule has 0 amide bonds. The Morgan fingerprint density at radius 2 is 2.07 bits per heavy atom. The van der Waals surface area contributed by atoms with Crippen molar-refractivity contribution in [2.24, 2.45) is 0 Å². The number of aromatic nitrogens is 3. The van der Waals surface area contributed by atoms with E-state index in [-0.39, 0.29) is 0 Å². The van der Waals surface area contributed by atoms with Gasteiger partial charge in [-0.3, -0.25) is 0 Å². The maximum Gasteiger partial charge on any atom is 0.212 e. The second-order valence-corrected chi connectivity index (χ2v) is 4.18. The Hall–Kier alpha value is -1.68. The van der Waals surface area contributed by atoms with Gasteiger partial charge in [0.25, 0.3) is 0 Å². The summed E-state index contributed by atoms with van der Waals surface area (Å²) in [6.07, 6.45) is 2.50. The molecule has 0 fully saturated rings. The quantitative estimate of drug-likeness (QED) is 0.657. The summed E-state index contributed by atoms with van der Waals surface area (Å²) in [4.78, 5) is 5.11. The molecule has 2 heterocycles. The fourth-order valence-corrected chi connectivity index (χ4v) is 2.40. The molecule has 0 aliphatic heterocycles. The molecule has 1 aromatic carbocycles. The summed E-state index contributed by atoms with van der Waals surface area (Å²) in [7, 11) is 0. The summed E-state index contributed by atoms with van der Waals surface area (Å²) in [5.74, 6) is 0. The van der Waals surface area contributed by atoms with Crippen molar-refractivity contribution in [3.05, 3.63) is 53.3 Å². The lowest BCUT2D eigenvalue weighted by molar-refractivity contribution is 0.896. The molecule has 0 unspecified atom stereocenters. The van der Waals surface area contributed by atoms with Crippen LogP contribution in [0.1, 0.15) is 11.3 Å². The van der Waals surface area contributed by atoms with E-state index in [2.05, 4.69) is 39.7 Å². The zero-order valence-electron chi connectivity index (χ0n) is 8.00. The zero-order chi connectivity index (χ0) is 10.1. The van der Waals surface area contributed by atoms with Crippen molar-refractivity contribution in [1.29, 1.82) is 0 Å². The van der Waals surface area contributed by atoms with Gasteiger partial charge in [-0.2, -0.15) is 5.10 Å². The first-order valence-corrected chi connectivity index (χ1v) is 5.61. The number of benzene rings is 1. The molecule has 3 nitrogen and oxygen atoms in total. The van der Waals surface area contributed by atoms with E-state index in [9.17, 15) is 0 Å². The van der Waals surface area contributed by atoms with Crippen molar-refractivity contribution in [3.63, 3.8) is 0 Å². The highest BCUT2D eigenvalue weighted by Gasteiger charge is 2.05. The molecule has 0 radical (unpaired) electrons. The van der Waals surface area contributed by atoms with Crippen molar-refractivity contribution < 1.29 is 0 Å². The van der Waals surface area contributed by atoms with E-state index in [0.717, 1.165) is 11.4 Å². The molecule has 0 aliphatic carbocycles. The molecule has 0 saturated carbocycles. The van der Waals surface area contributed by atoms with Crippen molar-refractivity contribution in [2.75, 3.05) is 0 Å². The highest BCUT2D eigenvalue weighted by Crippen LogP contribution is 2.16. The van der Waals surface area contributed by atoms with Crippen LogP contribution in [0.25, 0.3) is 4.96 Å². The minimum Gasteiger partial charge on any atom is -0.208 e. The van der Waals surface area contributed by atoms with Gasteiger partial charge in [-0.1, -0.05) is 30.3 Å². The van der Waals surface area contributed by atoms with E-state index < -0.39 is 0 Å². The third-order valence-electron chi connectivity index (χ3n) is 2.32. The predicted molar refractivity (Wildman–Crippen MR) is 60.1 cm³/mol. The molecule has 15 heavy (non-hydrogen) atoms. The maximum absolute atomic E-state index is 4.19. The first-order chi connectivity index (χ1) is 7.43. The third-order valence-corrected chi connectivity index (χ3v) is 3.20. The largest absolute Gasteiger partial charge is 0.212 e. The highest BCUT2D eigenvalue weighted by molar-refractivity contribution is 7.15. The van der Waals surface area contributed by atoms with Crippen molar-refractivity contribution >= 4 is 16.3 Å². The van der Waals surface area contributed by atoms with E-state index in [0.29, 0.717) is 0 Å². The lowest BCUT2D eigenvalue weighted by Gasteiger charge is -1.98. The van der Waals surface area contributed by atoms with Gasteiger partial charge in [-0.25, -0.2) is 9.50 Å². The van der Waals surface area contributed by atoms with Gasteiger partial charge in [0.2, 0.25) is 4.96 Å². The van der Waals surface area contributed by atoms with Crippen LogP contribution < -0.4 is 0 Å². The normalized spacial score (nSPS) is 10.9. The van der Waals surface area contributed by atoms with Crippen LogP contribution in [-0.4, -0.2) is 14.6 Å². The molecule has 2 aromatic heterocycles. The van der Waals surface area contributed by atoms with E-state index in [1.807, 2.05) is 10.6 Å². The van der Waals surface area contributed by atoms with Crippen molar-refractivity contribution in [2.45, 2.75) is 6.42 Å². The van der Waals surface area contributed by atoms with Gasteiger partial charge in [0.05, 0.1) is 5.69 Å². The van der Waals surface area contributed by atoms with Crippen LogP contribution in [0.15, 0.2) is 42.0 Å². The molecular formula is C11H9N3S. The Kier molecular flexibility index (Phi) is 1.99. The summed E-state index contributed by atoms with van der Waals surface area (Å²) in [5.41, 5.74) is 2.49. The third kappa shape index (κ3) is 1.53. The van der Waals surface area contributed by atoms with E-state index >= 15 is 0 Å². The van der Waals surface area contributed by atoms with Crippen LogP contribution in [0.2, 0.25) is 0 Å². The molecule has 0 aliphatic rings. The molecule has 0 atom stereocenters. The summed E-state index contributed by atoms with van der Waals surface area (Å²) in [6.45, 7) is 0. The van der Waals surface area contributed by atoms with Gasteiger partial charge in [-0.05, 0) is 5.56 Å². The van der Waals surface area contributed by atoms with Gasteiger partial charge in [0.15, 0.2) is 0 Å². The zero-order valence-corrected chi connectivity index (χ0v) is 8.81. The molecule has 74 valence electrons. The molecule has 0 bridgehead atoms. The van der Waals surface area contributed by atoms with Crippen molar-refractivity contribution in [1.82, 2.24) is 14.6 Å². The first kappa shape index (κ1) is 8.61. The lowest BCUT2D eigenvalue weighted by atomic mass is 10.1. The fraction of sp³-hybridized carbons (Fsp3) is 0.0909. The topological polar surface area (TPSA) is 30.2 Å². The molecule has 3 rings (SSSR count). The van der Waals surface area contributed by atoms with Crippen LogP contribution in [0.4, 0.5) is 0 Å². The van der Waals surface area contributed by atoms with E-state index in [1.165, 1.54) is 11.3 Å². The second-order valence-electron chi connectivity index (χ2n) is 3.34. The van der Waals surface area contributed by atoms with Gasteiger partial charge in [0, 0.05) is 11.8 Å². The molecule has 0 N–H and O–H groups in total. The Morgan fingerprint density at radius 3 is 2.93 bits per heavy atom. The Balaban J connectivity index is 1.99. The van der Waals surface area contributed by atoms with Crippen LogP contribution >= 0.6 is 11.3 Å². The van der Waals surface area contributed by atoms with Gasteiger partial charge in [0.1, 0.15) is 6.33 Å². The van der Waals surface area contributed by atoms with Gasteiger partial charge in [-0.15, -0.1) is 11.3 Å². The van der Waals surface area contributed by atoms with Crippen LogP contribution in [-0.2, 0) is 6.42 Å². The molecular weight excluding hydrogens is 206 g/mol. The number of thiazole rings is 1. The summed E-state index contributed by atoms with van der Waals surface area (Å²) in [6, 6.07) is 10.4. The van der Waals surface area contributed by atoms with Gasteiger partial charge >= 0.3 is 0 Å². The Morgan fingerprint density at radius 1 is 1.20 bits per heavy atom. The van der Waals surface area contributed by atoms with Crippen LogP contribution in [0.3, 0.4) is 0 Å². The molecule has 3 aromatic rings. The van der Waals surface area contributed by atoms with E-state index in [1.54, 1.807) is 17.7 Å². The number of nitrogens with zero attached hydrogens (tertiary/aromatic N) is 3. The van der Waals surface area contributed by atoms with Crippen molar-refractivity contribution in [3.8, 4) is 0 Å². The standard InChI is InChI=1S/C11H9N3S/c1-2-4-9(5-3-1)6-10-7-15-11-12-8-13-14(10)11/h1-5,7-8H,6H2. The van der Waals surface area contributed by atoms with E-state index in [4.69, 9.17) is 0 Å². The van der Waals surface area contributed by atoms with Crippen LogP contribution in [0, 0.1) is 0 Å². The average Bonchev–Trinajstić information content (AvgIpc) is 2.85. The summed E-state index contributed by atoms with van der Waals surface area (Å²) in [5, 5.41) is 6.30. The predicted octanol–water partition coefficient (Wildman–Crippen LogP) is 2.38. The number of hydrogen-bond acceptors (Lipinski definition) is 3. The first-order valence-electron chi connectivity index (χ1n) is 4.73. The summed E-state index contributed by atoms with van der Waals surface area (Å²) >= 11 is 1.63. The minimum absolute atomic E-state index is 0.907. The average molecular weight is 215 g/mol. The number of rotatable bonds is 2. The lowest BCUT2D eigenvalue weighted by Crippen LogP contribution is -1.94. The fourth-order valence-electron chi connectivity index (χ4n) is 1.60. The molecule has 0 spiro atoms. The second kappa shape index (κ2) is 3.47. The number of fused-ring (bicyclic) bond motifs is 1. The monoisotopic (exact) mass is 215 g/mol. The minimum atomic E-state index is 0.907. The smallest absolute Gasteiger partial charge is 0.208 e. The van der Waals surface area contributed by atoms with Gasteiger partial charge < -0.3 is 0 Å². The number of hydrogen-bond donors (Lipinski definition) is 0. The summed E-state index contributed by atoms with van der Waals surface area (Å²) < 4.78 is 1.90. The maximum atomic E-state index is 4.19.